The summed E-state index contributed by atoms with van der Waals surface area (Å²) in [6.07, 6.45) is 11.5. The Morgan fingerprint density at radius 1 is 0.667 bits per heavy atom. The van der Waals surface area contributed by atoms with Crippen molar-refractivity contribution in [2.75, 3.05) is 0 Å². The Labute approximate surface area is 318 Å². The third-order valence-corrected chi connectivity index (χ3v) is 66.8. The fourth-order valence-electron chi connectivity index (χ4n) is 9.75. The Morgan fingerprint density at radius 2 is 1.18 bits per heavy atom. The van der Waals surface area contributed by atoms with Crippen LogP contribution in [-0.2, 0) is 21.0 Å². The molecular formula is C46H57Cl2Si2Zr. The number of rotatable bonds is 7. The van der Waals surface area contributed by atoms with Crippen molar-refractivity contribution in [3.63, 3.8) is 0 Å². The summed E-state index contributed by atoms with van der Waals surface area (Å²) in [5, 5.41) is 1.50. The number of fused-ring (bicyclic) bond motifs is 2. The van der Waals surface area contributed by atoms with Crippen LogP contribution < -0.4 is 5.19 Å². The predicted molar refractivity (Wildman–Crippen MR) is 230 cm³/mol. The van der Waals surface area contributed by atoms with Crippen LogP contribution in [0.5, 0.6) is 0 Å². The first-order chi connectivity index (χ1) is 24.0. The topological polar surface area (TPSA) is 0 Å². The Bertz CT molecular complexity index is 2020. The molecule has 0 heterocycles. The van der Waals surface area contributed by atoms with Crippen LogP contribution in [0, 0.1) is 5.92 Å². The quantitative estimate of drug-likeness (QED) is 0.163. The summed E-state index contributed by atoms with van der Waals surface area (Å²) in [6.45, 7) is 21.4. The molecule has 267 valence electrons. The van der Waals surface area contributed by atoms with Crippen molar-refractivity contribution in [2.24, 2.45) is 5.92 Å². The van der Waals surface area contributed by atoms with E-state index in [9.17, 15) is 0 Å². The Balaban J connectivity index is 1.40. The second kappa shape index (κ2) is 13.5. The van der Waals surface area contributed by atoms with E-state index in [1.807, 2.05) is 0 Å². The number of halogens is 2. The van der Waals surface area contributed by atoms with Crippen LogP contribution in [0.4, 0.5) is 0 Å². The number of allylic oxidation sites excluding steroid dienone is 2. The molecule has 4 aromatic carbocycles. The fraction of sp³-hybridized carbons (Fsp3) is 0.391. The number of hydrogen-bond acceptors (Lipinski definition) is 0. The molecule has 0 radical (unpaired) electrons. The molecule has 1 fully saturated rings. The monoisotopic (exact) mass is 825 g/mol. The summed E-state index contributed by atoms with van der Waals surface area (Å²) in [5.41, 5.74) is 15.1. The molecule has 51 heavy (non-hydrogen) atoms. The van der Waals surface area contributed by atoms with Crippen molar-refractivity contribution in [3.8, 4) is 22.3 Å². The Kier molecular flexibility index (Phi) is 9.96. The maximum absolute atomic E-state index is 8.80. The molecule has 0 aromatic heterocycles. The predicted octanol–water partition coefficient (Wildman–Crippen LogP) is 14.0. The van der Waals surface area contributed by atoms with Crippen LogP contribution in [0.2, 0.25) is 32.7 Å². The van der Waals surface area contributed by atoms with E-state index in [2.05, 4.69) is 158 Å². The molecule has 0 saturated heterocycles. The van der Waals surface area contributed by atoms with Crippen LogP contribution in [0.1, 0.15) is 94.9 Å². The third kappa shape index (κ3) is 6.48. The van der Waals surface area contributed by atoms with E-state index in [0.717, 1.165) is 0 Å². The van der Waals surface area contributed by atoms with Gasteiger partial charge in [-0.05, 0) is 0 Å². The van der Waals surface area contributed by atoms with Crippen molar-refractivity contribution in [1.29, 1.82) is 0 Å². The maximum atomic E-state index is 8.80. The summed E-state index contributed by atoms with van der Waals surface area (Å²) in [6, 6.07) is 32.7. The molecule has 0 aliphatic heterocycles. The minimum atomic E-state index is -4.86. The van der Waals surface area contributed by atoms with Crippen LogP contribution in [0.25, 0.3) is 34.4 Å². The molecule has 5 heteroatoms. The molecule has 7 rings (SSSR count). The Morgan fingerprint density at radius 3 is 1.69 bits per heavy atom. The zero-order valence-electron chi connectivity index (χ0n) is 32.3. The summed E-state index contributed by atoms with van der Waals surface area (Å²) in [5.74, 6) is -1.09. The zero-order valence-corrected chi connectivity index (χ0v) is 38.5. The molecule has 1 saturated carbocycles. The van der Waals surface area contributed by atoms with Gasteiger partial charge in [0.2, 0.25) is 0 Å². The molecule has 0 N–H and O–H groups in total. The number of benzene rings is 4. The molecule has 0 amide bonds. The average Bonchev–Trinajstić information content (AvgIpc) is 3.67. The standard InChI is InChI=1S/C25H29.C19H21Si.C2H7Si.2ClH.Zr/c1-25(2,3)22-14-12-19(13-15-22)23-11-7-10-20-16-21(17-24(20)23)18-8-5-4-6-9-18;1-14-12-16-6-5-7-18(19(16)13-14)15-8-10-17(11-9-15)20(2,3)4;1-3-2;;;/h7,10-18H,4-6,8-9H2,1-3H3;5-13H,1-4H3;3H,1-2H3;2*1H;/q;;;;;+2/p-2. The van der Waals surface area contributed by atoms with E-state index in [1.54, 1.807) is 5.57 Å². The van der Waals surface area contributed by atoms with Crippen LogP contribution in [0.3, 0.4) is 0 Å². The normalized spacial score (nSPS) is 20.4. The second-order valence-electron chi connectivity index (χ2n) is 18.4. The van der Waals surface area contributed by atoms with Gasteiger partial charge in [-0.25, -0.2) is 0 Å². The first-order valence-electron chi connectivity index (χ1n) is 19.4. The molecule has 3 aliphatic carbocycles. The van der Waals surface area contributed by atoms with Gasteiger partial charge in [-0.3, -0.25) is 0 Å². The van der Waals surface area contributed by atoms with Gasteiger partial charge >= 0.3 is 321 Å². The van der Waals surface area contributed by atoms with Gasteiger partial charge in [0.25, 0.3) is 0 Å². The van der Waals surface area contributed by atoms with E-state index < -0.39 is 29.6 Å². The van der Waals surface area contributed by atoms with Gasteiger partial charge in [-0.2, -0.15) is 0 Å². The van der Waals surface area contributed by atoms with Crippen molar-refractivity contribution >= 4 is 48.4 Å². The van der Waals surface area contributed by atoms with Gasteiger partial charge in [-0.1, -0.05) is 0 Å². The van der Waals surface area contributed by atoms with Crippen LogP contribution in [-0.4, -0.2) is 14.0 Å². The fourth-order valence-corrected chi connectivity index (χ4v) is 42.9. The molecule has 4 aromatic rings. The van der Waals surface area contributed by atoms with Crippen molar-refractivity contribution in [3.05, 3.63) is 124 Å². The third-order valence-electron chi connectivity index (χ3n) is 12.8. The van der Waals surface area contributed by atoms with E-state index in [-0.39, 0.29) is 12.7 Å². The molecule has 0 spiro atoms. The SMILES string of the molecule is CC1=Cc2c(-c3ccc([Si](C)(C)C)cc3)cccc2[CH]1[Zr]([Cl])([Cl])([CH]1C(C2CCCCC2)=Cc2c(-c3ccc(C(C)(C)C)cc3)cccc21)[SiH](C)C. The Hall–Kier alpha value is -1.74. The molecule has 3 aliphatic rings. The molecule has 0 nitrogen and oxygen atoms in total. The molecule has 2 unspecified atom stereocenters. The zero-order chi connectivity index (χ0) is 36.5. The molecule has 2 atom stereocenters. The van der Waals surface area contributed by atoms with Gasteiger partial charge in [0.1, 0.15) is 0 Å². The minimum absolute atomic E-state index is 0.107. The van der Waals surface area contributed by atoms with Gasteiger partial charge in [0.05, 0.1) is 0 Å². The number of hydrogen-bond donors (Lipinski definition) is 0. The van der Waals surface area contributed by atoms with Gasteiger partial charge in [0.15, 0.2) is 0 Å². The molecular weight excluding hydrogens is 771 g/mol. The summed E-state index contributed by atoms with van der Waals surface area (Å²) in [4.78, 5) is 0. The van der Waals surface area contributed by atoms with Crippen LogP contribution in [0.15, 0.2) is 96.1 Å². The first-order valence-corrected chi connectivity index (χ1v) is 39.3. The van der Waals surface area contributed by atoms with Crippen molar-refractivity contribution < 1.29 is 15.6 Å². The van der Waals surface area contributed by atoms with E-state index in [1.165, 1.54) is 92.9 Å². The van der Waals surface area contributed by atoms with Crippen molar-refractivity contribution in [2.45, 2.75) is 105 Å². The van der Waals surface area contributed by atoms with E-state index >= 15 is 0 Å². The first kappa shape index (κ1) is 37.6. The van der Waals surface area contributed by atoms with E-state index in [4.69, 9.17) is 17.0 Å². The second-order valence-corrected chi connectivity index (χ2v) is 66.0. The van der Waals surface area contributed by atoms with Gasteiger partial charge in [-0.15, -0.1) is 0 Å². The van der Waals surface area contributed by atoms with E-state index in [0.29, 0.717) is 5.92 Å². The van der Waals surface area contributed by atoms with Gasteiger partial charge in [0, 0.05) is 0 Å². The van der Waals surface area contributed by atoms with Crippen LogP contribution >= 0.6 is 17.0 Å². The summed E-state index contributed by atoms with van der Waals surface area (Å²) < 4.78 is 0.239. The summed E-state index contributed by atoms with van der Waals surface area (Å²) in [7, 11) is 16.2. The average molecular weight is 828 g/mol. The molecule has 0 bridgehead atoms. The summed E-state index contributed by atoms with van der Waals surface area (Å²) >= 11 is -4.86. The van der Waals surface area contributed by atoms with Gasteiger partial charge < -0.3 is 0 Å². The van der Waals surface area contributed by atoms with Crippen molar-refractivity contribution in [1.82, 2.24) is 0 Å².